The fourth-order valence-corrected chi connectivity index (χ4v) is 3.67. The number of anilines is 2. The van der Waals surface area contributed by atoms with Gasteiger partial charge in [-0.15, -0.1) is 0 Å². The number of aromatic nitrogens is 3. The number of ether oxygens (including phenoxy) is 2. The number of nitrogens with one attached hydrogen (secondary N) is 2. The standard InChI is InChI=1S/C19H15BrCl3N5O4/c1-31-5-6-32-19(30)25-13-8-10(21)7-12(23)16(13)26-18(29)14-9-15(20)27-28(14)17-11(22)3-2-4-24-17/h2-4,7-9H,5-6H2,1H3,(H,25,30)(H,26,29). The third kappa shape index (κ3) is 5.90. The summed E-state index contributed by atoms with van der Waals surface area (Å²) in [4.78, 5) is 29.3. The van der Waals surface area contributed by atoms with Crippen LogP contribution in [0.2, 0.25) is 15.1 Å². The van der Waals surface area contributed by atoms with Crippen LogP contribution in [0.3, 0.4) is 0 Å². The lowest BCUT2D eigenvalue weighted by molar-refractivity contribution is 0.101. The van der Waals surface area contributed by atoms with Gasteiger partial charge < -0.3 is 14.8 Å². The molecular weight excluding hydrogens is 549 g/mol. The maximum atomic E-state index is 13.1. The zero-order chi connectivity index (χ0) is 23.3. The maximum Gasteiger partial charge on any atom is 0.411 e. The summed E-state index contributed by atoms with van der Waals surface area (Å²) in [6.07, 6.45) is 0.745. The first-order valence-corrected chi connectivity index (χ1v) is 10.8. The molecule has 32 heavy (non-hydrogen) atoms. The molecule has 0 fully saturated rings. The molecule has 0 saturated heterocycles. The van der Waals surface area contributed by atoms with Crippen LogP contribution in [0.1, 0.15) is 10.5 Å². The number of carbonyl (C=O) groups excluding carboxylic acids is 2. The highest BCUT2D eigenvalue weighted by atomic mass is 79.9. The van der Waals surface area contributed by atoms with Crippen molar-refractivity contribution in [3.05, 3.63) is 61.9 Å². The van der Waals surface area contributed by atoms with Crippen molar-refractivity contribution in [2.24, 2.45) is 0 Å². The van der Waals surface area contributed by atoms with Crippen LogP contribution >= 0.6 is 50.7 Å². The second kappa shape index (κ2) is 11.0. The van der Waals surface area contributed by atoms with Gasteiger partial charge in [0.25, 0.3) is 5.91 Å². The van der Waals surface area contributed by atoms with E-state index in [2.05, 4.69) is 36.6 Å². The highest BCUT2D eigenvalue weighted by molar-refractivity contribution is 9.10. The lowest BCUT2D eigenvalue weighted by Crippen LogP contribution is -2.21. The number of rotatable bonds is 7. The molecule has 0 aliphatic rings. The van der Waals surface area contributed by atoms with E-state index in [1.54, 1.807) is 12.1 Å². The van der Waals surface area contributed by atoms with E-state index in [0.29, 0.717) is 9.63 Å². The molecule has 3 aromatic rings. The smallest absolute Gasteiger partial charge is 0.411 e. The van der Waals surface area contributed by atoms with E-state index in [1.165, 1.54) is 36.2 Å². The van der Waals surface area contributed by atoms with Crippen molar-refractivity contribution in [2.45, 2.75) is 0 Å². The third-order valence-corrected chi connectivity index (χ3v) is 5.10. The van der Waals surface area contributed by atoms with Crippen molar-refractivity contribution in [1.82, 2.24) is 14.8 Å². The van der Waals surface area contributed by atoms with Crippen molar-refractivity contribution in [3.8, 4) is 5.82 Å². The number of nitrogens with zero attached hydrogens (tertiary/aromatic N) is 3. The summed E-state index contributed by atoms with van der Waals surface area (Å²) in [6, 6.07) is 7.60. The second-order valence-corrected chi connectivity index (χ2v) is 8.15. The Hall–Kier alpha value is -2.37. The van der Waals surface area contributed by atoms with E-state index >= 15 is 0 Å². The van der Waals surface area contributed by atoms with E-state index in [4.69, 9.17) is 44.3 Å². The maximum absolute atomic E-state index is 13.1. The average Bonchev–Trinajstić information content (AvgIpc) is 3.12. The molecule has 3 rings (SSSR count). The number of pyridine rings is 1. The predicted octanol–water partition coefficient (Wildman–Crippen LogP) is 5.44. The van der Waals surface area contributed by atoms with Gasteiger partial charge in [-0.3, -0.25) is 10.1 Å². The third-order valence-electron chi connectivity index (χ3n) is 3.90. The fourth-order valence-electron chi connectivity index (χ4n) is 2.55. The summed E-state index contributed by atoms with van der Waals surface area (Å²) in [5.74, 6) is -0.336. The van der Waals surface area contributed by atoms with Crippen LogP contribution in [0.25, 0.3) is 5.82 Å². The molecule has 0 aliphatic carbocycles. The molecule has 0 bridgehead atoms. The van der Waals surface area contributed by atoms with Gasteiger partial charge in [0.1, 0.15) is 16.9 Å². The van der Waals surface area contributed by atoms with E-state index in [0.717, 1.165) is 0 Å². The molecule has 2 aromatic heterocycles. The highest BCUT2D eigenvalue weighted by Gasteiger charge is 2.21. The lowest BCUT2D eigenvalue weighted by atomic mass is 10.2. The Balaban J connectivity index is 1.91. The lowest BCUT2D eigenvalue weighted by Gasteiger charge is -2.15. The topological polar surface area (TPSA) is 107 Å². The summed E-state index contributed by atoms with van der Waals surface area (Å²) in [6.45, 7) is 0.263. The Bertz CT molecular complexity index is 1160. The van der Waals surface area contributed by atoms with Gasteiger partial charge in [-0.25, -0.2) is 14.5 Å². The van der Waals surface area contributed by atoms with Gasteiger partial charge in [0.2, 0.25) is 0 Å². The number of hydrogen-bond donors (Lipinski definition) is 2. The van der Waals surface area contributed by atoms with Gasteiger partial charge in [-0.1, -0.05) is 34.8 Å². The second-order valence-electron chi connectivity index (χ2n) is 6.09. The van der Waals surface area contributed by atoms with E-state index in [9.17, 15) is 9.59 Å². The number of amides is 2. The van der Waals surface area contributed by atoms with E-state index in [1.807, 2.05) is 0 Å². The molecule has 0 aliphatic heterocycles. The minimum atomic E-state index is -0.774. The van der Waals surface area contributed by atoms with Gasteiger partial charge in [-0.05, 0) is 40.2 Å². The van der Waals surface area contributed by atoms with Crippen LogP contribution < -0.4 is 10.6 Å². The molecule has 2 heterocycles. The van der Waals surface area contributed by atoms with Gasteiger partial charge >= 0.3 is 6.09 Å². The van der Waals surface area contributed by atoms with Crippen LogP contribution in [-0.2, 0) is 9.47 Å². The molecule has 2 N–H and O–H groups in total. The predicted molar refractivity (Wildman–Crippen MR) is 125 cm³/mol. The molecule has 168 valence electrons. The Morgan fingerprint density at radius 1 is 1.12 bits per heavy atom. The number of methoxy groups -OCH3 is 1. The molecule has 0 saturated carbocycles. The number of benzene rings is 1. The summed E-state index contributed by atoms with van der Waals surface area (Å²) < 4.78 is 11.5. The van der Waals surface area contributed by atoms with Gasteiger partial charge in [0.05, 0.1) is 28.0 Å². The largest absolute Gasteiger partial charge is 0.447 e. The minimum absolute atomic E-state index is 0.0381. The van der Waals surface area contributed by atoms with Crippen LogP contribution in [0.4, 0.5) is 16.2 Å². The van der Waals surface area contributed by atoms with E-state index < -0.39 is 12.0 Å². The van der Waals surface area contributed by atoms with Crippen molar-refractivity contribution >= 4 is 74.1 Å². The molecule has 9 nitrogen and oxygen atoms in total. The number of carbonyl (C=O) groups is 2. The van der Waals surface area contributed by atoms with Crippen LogP contribution in [0.15, 0.2) is 41.1 Å². The first-order valence-electron chi connectivity index (χ1n) is 8.89. The summed E-state index contributed by atoms with van der Waals surface area (Å²) in [5, 5.41) is 10.0. The minimum Gasteiger partial charge on any atom is -0.447 e. The monoisotopic (exact) mass is 561 g/mol. The van der Waals surface area contributed by atoms with Crippen molar-refractivity contribution in [1.29, 1.82) is 0 Å². The van der Waals surface area contributed by atoms with E-state index in [-0.39, 0.29) is 46.1 Å². The quantitative estimate of drug-likeness (QED) is 0.371. The first-order chi connectivity index (χ1) is 15.3. The molecular formula is C19H15BrCl3N5O4. The summed E-state index contributed by atoms with van der Waals surface area (Å²) >= 11 is 21.8. The highest BCUT2D eigenvalue weighted by Crippen LogP contribution is 2.35. The Kier molecular flexibility index (Phi) is 8.32. The zero-order valence-electron chi connectivity index (χ0n) is 16.4. The van der Waals surface area contributed by atoms with Gasteiger partial charge in [0.15, 0.2) is 5.82 Å². The first kappa shape index (κ1) is 24.3. The average molecular weight is 564 g/mol. The molecule has 0 spiro atoms. The number of hydrogen-bond acceptors (Lipinski definition) is 6. The Morgan fingerprint density at radius 2 is 1.91 bits per heavy atom. The molecule has 2 amide bonds. The van der Waals surface area contributed by atoms with Crippen LogP contribution in [0, 0.1) is 0 Å². The van der Waals surface area contributed by atoms with Crippen LogP contribution in [0.5, 0.6) is 0 Å². The number of halogens is 4. The molecule has 0 atom stereocenters. The van der Waals surface area contributed by atoms with Crippen molar-refractivity contribution in [2.75, 3.05) is 31.0 Å². The van der Waals surface area contributed by atoms with Gasteiger partial charge in [-0.2, -0.15) is 5.10 Å². The SMILES string of the molecule is COCCOC(=O)Nc1cc(Cl)cc(Cl)c1NC(=O)c1cc(Br)nn1-c1ncccc1Cl. The fraction of sp³-hybridized carbons (Fsp3) is 0.158. The summed E-state index contributed by atoms with van der Waals surface area (Å²) in [5.41, 5.74) is 0.358. The van der Waals surface area contributed by atoms with Crippen molar-refractivity contribution in [3.63, 3.8) is 0 Å². The van der Waals surface area contributed by atoms with Crippen molar-refractivity contribution < 1.29 is 19.1 Å². The Labute approximate surface area is 206 Å². The van der Waals surface area contributed by atoms with Gasteiger partial charge in [0, 0.05) is 24.4 Å². The molecule has 1 aromatic carbocycles. The summed E-state index contributed by atoms with van der Waals surface area (Å²) in [7, 11) is 1.48. The molecule has 13 heteroatoms. The molecule has 0 unspecified atom stereocenters. The molecule has 0 radical (unpaired) electrons. The normalized spacial score (nSPS) is 10.7. The Morgan fingerprint density at radius 3 is 2.62 bits per heavy atom. The van der Waals surface area contributed by atoms with Crippen LogP contribution in [-0.4, -0.2) is 47.1 Å². The zero-order valence-corrected chi connectivity index (χ0v) is 20.2.